The van der Waals surface area contributed by atoms with Crippen LogP contribution in [0.2, 0.25) is 0 Å². The van der Waals surface area contributed by atoms with E-state index in [2.05, 4.69) is 28.3 Å². The molecule has 1 saturated heterocycles. The molecule has 0 spiro atoms. The van der Waals surface area contributed by atoms with Gasteiger partial charge in [0.2, 0.25) is 5.91 Å². The molecule has 3 heterocycles. The lowest BCUT2D eigenvalue weighted by Gasteiger charge is -2.44. The van der Waals surface area contributed by atoms with Crippen molar-refractivity contribution in [3.05, 3.63) is 18.2 Å². The molecule has 2 aliphatic heterocycles. The molecule has 0 radical (unpaired) electrons. The summed E-state index contributed by atoms with van der Waals surface area (Å²) in [6.45, 7) is 9.50. The van der Waals surface area contributed by atoms with Gasteiger partial charge in [0.15, 0.2) is 0 Å². The van der Waals surface area contributed by atoms with E-state index in [1.807, 2.05) is 17.3 Å². The van der Waals surface area contributed by atoms with Crippen LogP contribution in [-0.4, -0.2) is 70.7 Å². The second-order valence-corrected chi connectivity index (χ2v) is 7.28. The summed E-state index contributed by atoms with van der Waals surface area (Å²) in [7, 11) is 1.74. The van der Waals surface area contributed by atoms with Crippen LogP contribution in [0.25, 0.3) is 0 Å². The van der Waals surface area contributed by atoms with Gasteiger partial charge in [-0.1, -0.05) is 0 Å². The van der Waals surface area contributed by atoms with Gasteiger partial charge in [-0.05, 0) is 20.3 Å². The molecule has 1 atom stereocenters. The van der Waals surface area contributed by atoms with E-state index in [0.717, 1.165) is 51.4 Å². The quantitative estimate of drug-likeness (QED) is 0.831. The molecule has 0 aliphatic carbocycles. The molecule has 0 saturated carbocycles. The van der Waals surface area contributed by atoms with Gasteiger partial charge in [-0.15, -0.1) is 0 Å². The molecule has 0 aromatic carbocycles. The number of aromatic nitrogens is 2. The molecule has 2 aliphatic rings. The molecule has 1 unspecified atom stereocenters. The van der Waals surface area contributed by atoms with Gasteiger partial charge in [0, 0.05) is 70.1 Å². The molecule has 3 rings (SSSR count). The third kappa shape index (κ3) is 3.43. The Bertz CT molecular complexity index is 547. The van der Waals surface area contributed by atoms with Crippen molar-refractivity contribution in [2.24, 2.45) is 5.92 Å². The van der Waals surface area contributed by atoms with Gasteiger partial charge in [-0.25, -0.2) is 4.98 Å². The summed E-state index contributed by atoms with van der Waals surface area (Å²) < 4.78 is 7.49. The summed E-state index contributed by atoms with van der Waals surface area (Å²) in [5.41, 5.74) is 0.0273. The number of ether oxygens (including phenoxy) is 1. The number of piperazine rings is 1. The van der Waals surface area contributed by atoms with Gasteiger partial charge in [0.25, 0.3) is 0 Å². The van der Waals surface area contributed by atoms with Crippen molar-refractivity contribution in [3.8, 4) is 0 Å². The Morgan fingerprint density at radius 2 is 2.04 bits per heavy atom. The van der Waals surface area contributed by atoms with Crippen LogP contribution in [0.3, 0.4) is 0 Å². The van der Waals surface area contributed by atoms with Crippen LogP contribution < -0.4 is 0 Å². The zero-order chi connectivity index (χ0) is 16.4. The van der Waals surface area contributed by atoms with E-state index in [9.17, 15) is 4.79 Å². The molecule has 128 valence electrons. The van der Waals surface area contributed by atoms with Gasteiger partial charge in [0.05, 0.1) is 6.61 Å². The van der Waals surface area contributed by atoms with Crippen molar-refractivity contribution in [1.29, 1.82) is 0 Å². The zero-order valence-corrected chi connectivity index (χ0v) is 14.5. The maximum Gasteiger partial charge on any atom is 0.226 e. The summed E-state index contributed by atoms with van der Waals surface area (Å²) in [5.74, 6) is 1.46. The molecule has 6 heteroatoms. The topological polar surface area (TPSA) is 50.6 Å². The number of fused-ring (bicyclic) bond motifs is 1. The number of carbonyl (C=O) groups is 1. The van der Waals surface area contributed by atoms with Crippen molar-refractivity contribution in [3.63, 3.8) is 0 Å². The smallest absolute Gasteiger partial charge is 0.226 e. The van der Waals surface area contributed by atoms with Gasteiger partial charge < -0.3 is 14.2 Å². The summed E-state index contributed by atoms with van der Waals surface area (Å²) in [5, 5.41) is 0. The van der Waals surface area contributed by atoms with E-state index < -0.39 is 0 Å². The fraction of sp³-hybridized carbons (Fsp3) is 0.765. The number of carbonyl (C=O) groups excluding carboxylic acids is 1. The Morgan fingerprint density at radius 3 is 2.74 bits per heavy atom. The predicted molar refractivity (Wildman–Crippen MR) is 88.1 cm³/mol. The molecule has 1 fully saturated rings. The monoisotopic (exact) mass is 320 g/mol. The molecular formula is C17H28N4O2. The molecule has 1 aromatic rings. The second kappa shape index (κ2) is 6.61. The molecule has 6 nitrogen and oxygen atoms in total. The first-order valence-electron chi connectivity index (χ1n) is 8.54. The van der Waals surface area contributed by atoms with Gasteiger partial charge in [-0.2, -0.15) is 0 Å². The number of hydrogen-bond acceptors (Lipinski definition) is 4. The second-order valence-electron chi connectivity index (χ2n) is 7.28. The standard InChI is InChI=1S/C17H28N4O2/c1-17(2,13-23-3)21-10-8-20(9-11-21)16(22)14-4-6-19-7-5-18-15(19)12-14/h5,7,14H,4,6,8-13H2,1-3H3. The maximum absolute atomic E-state index is 12.8. The van der Waals surface area contributed by atoms with E-state index >= 15 is 0 Å². The van der Waals surface area contributed by atoms with Crippen LogP contribution in [0.5, 0.6) is 0 Å². The molecule has 23 heavy (non-hydrogen) atoms. The molecule has 0 bridgehead atoms. The fourth-order valence-corrected chi connectivity index (χ4v) is 3.80. The highest BCUT2D eigenvalue weighted by atomic mass is 16.5. The Morgan fingerprint density at radius 1 is 1.30 bits per heavy atom. The first kappa shape index (κ1) is 16.5. The molecule has 1 aromatic heterocycles. The van der Waals surface area contributed by atoms with Crippen molar-refractivity contribution in [2.75, 3.05) is 39.9 Å². The summed E-state index contributed by atoms with van der Waals surface area (Å²) >= 11 is 0. The average molecular weight is 320 g/mol. The van der Waals surface area contributed by atoms with Crippen molar-refractivity contribution in [1.82, 2.24) is 19.4 Å². The van der Waals surface area contributed by atoms with E-state index in [-0.39, 0.29) is 11.5 Å². The molecular weight excluding hydrogens is 292 g/mol. The minimum atomic E-state index is 0.0273. The maximum atomic E-state index is 12.8. The Labute approximate surface area is 138 Å². The number of amides is 1. The highest BCUT2D eigenvalue weighted by Gasteiger charge is 2.34. The third-order valence-electron chi connectivity index (χ3n) is 5.24. The van der Waals surface area contributed by atoms with Crippen molar-refractivity contribution in [2.45, 2.75) is 38.8 Å². The number of hydrogen-bond donors (Lipinski definition) is 0. The number of rotatable bonds is 4. The Balaban J connectivity index is 1.55. The minimum Gasteiger partial charge on any atom is -0.383 e. The summed E-state index contributed by atoms with van der Waals surface area (Å²) in [6, 6.07) is 0. The number of nitrogens with zero attached hydrogens (tertiary/aromatic N) is 4. The Hall–Kier alpha value is -1.40. The number of methoxy groups -OCH3 is 1. The highest BCUT2D eigenvalue weighted by Crippen LogP contribution is 2.23. The normalized spacial score (nSPS) is 22.9. The highest BCUT2D eigenvalue weighted by molar-refractivity contribution is 5.79. The summed E-state index contributed by atoms with van der Waals surface area (Å²) in [4.78, 5) is 21.7. The van der Waals surface area contributed by atoms with Gasteiger partial charge in [0.1, 0.15) is 5.82 Å². The lowest BCUT2D eigenvalue weighted by molar-refractivity contribution is -0.139. The van der Waals surface area contributed by atoms with Crippen LogP contribution in [-0.2, 0) is 22.5 Å². The minimum absolute atomic E-state index is 0.0273. The van der Waals surface area contributed by atoms with Crippen LogP contribution in [0.15, 0.2) is 12.4 Å². The average Bonchev–Trinajstić information content (AvgIpc) is 3.02. The predicted octanol–water partition coefficient (Wildman–Crippen LogP) is 1.01. The first-order valence-corrected chi connectivity index (χ1v) is 8.54. The summed E-state index contributed by atoms with van der Waals surface area (Å²) in [6.07, 6.45) is 5.55. The number of aryl methyl sites for hydroxylation is 1. The van der Waals surface area contributed by atoms with E-state index in [0.29, 0.717) is 12.5 Å². The lowest BCUT2D eigenvalue weighted by atomic mass is 9.95. The van der Waals surface area contributed by atoms with Crippen LogP contribution in [0, 0.1) is 5.92 Å². The third-order valence-corrected chi connectivity index (χ3v) is 5.24. The van der Waals surface area contributed by atoms with Gasteiger partial charge in [-0.3, -0.25) is 9.69 Å². The van der Waals surface area contributed by atoms with Crippen LogP contribution >= 0.6 is 0 Å². The Kier molecular flexibility index (Phi) is 4.73. The molecule has 0 N–H and O–H groups in total. The van der Waals surface area contributed by atoms with Crippen LogP contribution in [0.4, 0.5) is 0 Å². The van der Waals surface area contributed by atoms with Crippen molar-refractivity contribution >= 4 is 5.91 Å². The zero-order valence-electron chi connectivity index (χ0n) is 14.5. The van der Waals surface area contributed by atoms with E-state index in [4.69, 9.17) is 4.74 Å². The van der Waals surface area contributed by atoms with E-state index in [1.54, 1.807) is 7.11 Å². The van der Waals surface area contributed by atoms with Gasteiger partial charge >= 0.3 is 0 Å². The fourth-order valence-electron chi connectivity index (χ4n) is 3.80. The van der Waals surface area contributed by atoms with Crippen molar-refractivity contribution < 1.29 is 9.53 Å². The number of imidazole rings is 1. The molecule has 1 amide bonds. The first-order chi connectivity index (χ1) is 11.0. The lowest BCUT2D eigenvalue weighted by Crippen LogP contribution is -2.58. The largest absolute Gasteiger partial charge is 0.383 e. The van der Waals surface area contributed by atoms with E-state index in [1.165, 1.54) is 0 Å². The van der Waals surface area contributed by atoms with Crippen LogP contribution in [0.1, 0.15) is 26.1 Å². The SMILES string of the molecule is COCC(C)(C)N1CCN(C(=O)C2CCn3ccnc3C2)CC1.